The summed E-state index contributed by atoms with van der Waals surface area (Å²) < 4.78 is 11.1. The predicted molar refractivity (Wildman–Crippen MR) is 141 cm³/mol. The van der Waals surface area contributed by atoms with Gasteiger partial charge < -0.3 is 14.4 Å². The van der Waals surface area contributed by atoms with Crippen molar-refractivity contribution in [2.45, 2.75) is 103 Å². The third kappa shape index (κ3) is 7.13. The second-order valence-electron chi connectivity index (χ2n) is 11.2. The van der Waals surface area contributed by atoms with E-state index in [0.29, 0.717) is 31.4 Å². The molecular weight excluding hydrogens is 468 g/mol. The fourth-order valence-electron chi connectivity index (χ4n) is 6.66. The summed E-state index contributed by atoms with van der Waals surface area (Å²) in [6, 6.07) is 7.95. The van der Waals surface area contributed by atoms with Crippen molar-refractivity contribution in [2.24, 2.45) is 17.8 Å². The zero-order valence-electron chi connectivity index (χ0n) is 22.5. The Balaban J connectivity index is 1.40. The molecule has 2 aliphatic carbocycles. The van der Waals surface area contributed by atoms with Gasteiger partial charge in [0.2, 0.25) is 5.91 Å². The van der Waals surface area contributed by atoms with E-state index in [-0.39, 0.29) is 30.4 Å². The second kappa shape index (κ2) is 13.4. The number of rotatable bonds is 11. The van der Waals surface area contributed by atoms with Gasteiger partial charge in [0, 0.05) is 6.54 Å². The fourth-order valence-corrected chi connectivity index (χ4v) is 6.66. The molecule has 37 heavy (non-hydrogen) atoms. The van der Waals surface area contributed by atoms with Crippen LogP contribution < -0.4 is 5.32 Å². The van der Waals surface area contributed by atoms with Crippen molar-refractivity contribution in [1.82, 2.24) is 10.2 Å². The van der Waals surface area contributed by atoms with Gasteiger partial charge in [-0.3, -0.25) is 14.9 Å². The third-order valence-electron chi connectivity index (χ3n) is 8.62. The first-order valence-electron chi connectivity index (χ1n) is 14.4. The highest BCUT2D eigenvalue weighted by Gasteiger charge is 2.51. The van der Waals surface area contributed by atoms with Crippen LogP contribution in [0.2, 0.25) is 0 Å². The van der Waals surface area contributed by atoms with Crippen molar-refractivity contribution >= 4 is 17.8 Å². The third-order valence-corrected chi connectivity index (χ3v) is 8.62. The Bertz CT molecular complexity index is 900. The van der Waals surface area contributed by atoms with Gasteiger partial charge in [-0.05, 0) is 62.8 Å². The highest BCUT2D eigenvalue weighted by molar-refractivity contribution is 5.89. The lowest BCUT2D eigenvalue weighted by atomic mass is 9.85. The Kier molecular flexibility index (Phi) is 10.0. The maximum absolute atomic E-state index is 13.7. The van der Waals surface area contributed by atoms with Crippen LogP contribution in [-0.2, 0) is 30.5 Å². The standard InChI is InChI=1S/C30H44N2O5/c1-3-36-29(34)26(18-17-22-11-6-4-7-12-22)31-21(2)28(33)32-19-24-15-10-16-25(24)27(32)30(35)37-20-23-13-8-5-9-14-23/h5,8-9,13-14,21-22,24-27,31H,3-4,6-7,10-12,15-20H2,1-2H3/t21-,24?,25?,26?,27?/m0/s1. The fraction of sp³-hybridized carbons (Fsp3) is 0.700. The lowest BCUT2D eigenvalue weighted by Crippen LogP contribution is -2.54. The zero-order chi connectivity index (χ0) is 26.2. The highest BCUT2D eigenvalue weighted by atomic mass is 16.5. The summed E-state index contributed by atoms with van der Waals surface area (Å²) in [7, 11) is 0. The summed E-state index contributed by atoms with van der Waals surface area (Å²) >= 11 is 0. The number of hydrogen-bond acceptors (Lipinski definition) is 6. The lowest BCUT2D eigenvalue weighted by molar-refractivity contribution is -0.157. The number of nitrogens with one attached hydrogen (secondary N) is 1. The molecule has 1 aliphatic heterocycles. The van der Waals surface area contributed by atoms with Crippen LogP contribution in [0.3, 0.4) is 0 Å². The summed E-state index contributed by atoms with van der Waals surface area (Å²) in [5, 5.41) is 3.28. The molecule has 4 rings (SSSR count). The largest absolute Gasteiger partial charge is 0.465 e. The molecule has 0 radical (unpaired) electrons. The summed E-state index contributed by atoms with van der Waals surface area (Å²) in [6.45, 7) is 4.70. The number of carbonyl (C=O) groups excluding carboxylic acids is 3. The first-order chi connectivity index (χ1) is 18.0. The van der Waals surface area contributed by atoms with Crippen molar-refractivity contribution in [3.63, 3.8) is 0 Å². The van der Waals surface area contributed by atoms with Gasteiger partial charge in [-0.1, -0.05) is 68.9 Å². The van der Waals surface area contributed by atoms with Crippen LogP contribution in [0.1, 0.15) is 83.6 Å². The Labute approximate surface area is 221 Å². The van der Waals surface area contributed by atoms with Crippen molar-refractivity contribution < 1.29 is 23.9 Å². The molecule has 0 bridgehead atoms. The molecule has 7 heteroatoms. The van der Waals surface area contributed by atoms with Gasteiger partial charge in [0.15, 0.2) is 0 Å². The van der Waals surface area contributed by atoms with E-state index < -0.39 is 18.1 Å². The minimum Gasteiger partial charge on any atom is -0.465 e. The molecule has 1 heterocycles. The normalized spacial score (nSPS) is 25.4. The number of amides is 1. The summed E-state index contributed by atoms with van der Waals surface area (Å²) in [4.78, 5) is 41.5. The van der Waals surface area contributed by atoms with E-state index in [2.05, 4.69) is 5.32 Å². The van der Waals surface area contributed by atoms with Gasteiger partial charge in [-0.15, -0.1) is 0 Å². The number of benzene rings is 1. The van der Waals surface area contributed by atoms with Crippen molar-refractivity contribution in [1.29, 1.82) is 0 Å². The van der Waals surface area contributed by atoms with Crippen LogP contribution in [-0.4, -0.2) is 54.0 Å². The molecule has 0 aromatic heterocycles. The van der Waals surface area contributed by atoms with E-state index in [4.69, 9.17) is 9.47 Å². The SMILES string of the molecule is CCOC(=O)C(CCC1CCCCC1)N[C@@H](C)C(=O)N1CC2CCCC2C1C(=O)OCc1ccccc1. The predicted octanol–water partition coefficient (Wildman–Crippen LogP) is 4.63. The molecule has 1 amide bonds. The summed E-state index contributed by atoms with van der Waals surface area (Å²) in [5.41, 5.74) is 0.931. The van der Waals surface area contributed by atoms with Crippen LogP contribution >= 0.6 is 0 Å². The number of hydrogen-bond donors (Lipinski definition) is 1. The molecule has 7 nitrogen and oxygen atoms in total. The van der Waals surface area contributed by atoms with E-state index in [1.54, 1.807) is 18.7 Å². The van der Waals surface area contributed by atoms with Gasteiger partial charge in [0.25, 0.3) is 0 Å². The van der Waals surface area contributed by atoms with Gasteiger partial charge in [0.05, 0.1) is 12.6 Å². The molecule has 204 valence electrons. The Hall–Kier alpha value is -2.41. The number of esters is 2. The minimum atomic E-state index is -0.594. The number of likely N-dealkylation sites (tertiary alicyclic amines) is 1. The van der Waals surface area contributed by atoms with Crippen LogP contribution in [0.15, 0.2) is 30.3 Å². The average molecular weight is 513 g/mol. The van der Waals surface area contributed by atoms with E-state index in [1.807, 2.05) is 30.3 Å². The molecule has 5 atom stereocenters. The highest BCUT2D eigenvalue weighted by Crippen LogP contribution is 2.43. The number of ether oxygens (including phenoxy) is 2. The second-order valence-corrected chi connectivity index (χ2v) is 11.2. The van der Waals surface area contributed by atoms with E-state index in [0.717, 1.165) is 31.2 Å². The maximum Gasteiger partial charge on any atom is 0.329 e. The monoisotopic (exact) mass is 512 g/mol. The number of fused-ring (bicyclic) bond motifs is 1. The average Bonchev–Trinajstić information content (AvgIpc) is 3.52. The van der Waals surface area contributed by atoms with E-state index >= 15 is 0 Å². The molecule has 0 spiro atoms. The number of carbonyl (C=O) groups is 3. The Morgan fingerprint density at radius 2 is 1.76 bits per heavy atom. The molecule has 4 unspecified atom stereocenters. The Morgan fingerprint density at radius 3 is 2.49 bits per heavy atom. The Morgan fingerprint density at radius 1 is 1.00 bits per heavy atom. The van der Waals surface area contributed by atoms with Gasteiger partial charge in [-0.25, -0.2) is 4.79 Å². The molecular formula is C30H44N2O5. The smallest absolute Gasteiger partial charge is 0.329 e. The van der Waals surface area contributed by atoms with Crippen LogP contribution in [0.25, 0.3) is 0 Å². The van der Waals surface area contributed by atoms with Crippen LogP contribution in [0, 0.1) is 17.8 Å². The molecule has 1 aromatic rings. The number of nitrogens with zero attached hydrogens (tertiary/aromatic N) is 1. The molecule has 1 aromatic carbocycles. The maximum atomic E-state index is 13.7. The molecule has 3 fully saturated rings. The molecule has 3 aliphatic rings. The van der Waals surface area contributed by atoms with Gasteiger partial charge in [-0.2, -0.15) is 0 Å². The van der Waals surface area contributed by atoms with Crippen LogP contribution in [0.5, 0.6) is 0 Å². The van der Waals surface area contributed by atoms with E-state index in [1.165, 1.54) is 32.1 Å². The molecule has 2 saturated carbocycles. The van der Waals surface area contributed by atoms with Gasteiger partial charge in [0.1, 0.15) is 18.7 Å². The van der Waals surface area contributed by atoms with Crippen molar-refractivity contribution in [2.75, 3.05) is 13.2 Å². The zero-order valence-corrected chi connectivity index (χ0v) is 22.5. The summed E-state index contributed by atoms with van der Waals surface area (Å²) in [5.74, 6) is 0.362. The molecule has 1 saturated heterocycles. The lowest BCUT2D eigenvalue weighted by Gasteiger charge is -2.31. The van der Waals surface area contributed by atoms with Crippen molar-refractivity contribution in [3.05, 3.63) is 35.9 Å². The van der Waals surface area contributed by atoms with Crippen LogP contribution in [0.4, 0.5) is 0 Å². The quantitative estimate of drug-likeness (QED) is 0.435. The first kappa shape index (κ1) is 27.6. The summed E-state index contributed by atoms with van der Waals surface area (Å²) in [6.07, 6.45) is 10.9. The minimum absolute atomic E-state index is 0.136. The van der Waals surface area contributed by atoms with Crippen molar-refractivity contribution in [3.8, 4) is 0 Å². The first-order valence-corrected chi connectivity index (χ1v) is 14.4. The molecule has 1 N–H and O–H groups in total. The van der Waals surface area contributed by atoms with E-state index in [9.17, 15) is 14.4 Å². The topological polar surface area (TPSA) is 84.9 Å². The van der Waals surface area contributed by atoms with Gasteiger partial charge >= 0.3 is 11.9 Å².